The number of amides is 1. The average molecular weight is 416 g/mol. The van der Waals surface area contributed by atoms with Crippen LogP contribution in [0.4, 0.5) is 0 Å². The molecular weight excluding hydrogens is 386 g/mol. The van der Waals surface area contributed by atoms with E-state index in [0.29, 0.717) is 23.0 Å². The second kappa shape index (κ2) is 8.11. The van der Waals surface area contributed by atoms with E-state index in [0.717, 1.165) is 45.3 Å². The van der Waals surface area contributed by atoms with Gasteiger partial charge in [0.2, 0.25) is 0 Å². The highest BCUT2D eigenvalue weighted by molar-refractivity contribution is 5.87. The second-order valence-corrected chi connectivity index (χ2v) is 9.44. The lowest BCUT2D eigenvalue weighted by atomic mass is 9.79. The molecule has 5 heteroatoms. The summed E-state index contributed by atoms with van der Waals surface area (Å²) in [5.74, 6) is 0.696. The van der Waals surface area contributed by atoms with Crippen LogP contribution in [0.2, 0.25) is 0 Å². The van der Waals surface area contributed by atoms with Crippen molar-refractivity contribution in [2.45, 2.75) is 43.9 Å². The summed E-state index contributed by atoms with van der Waals surface area (Å²) in [7, 11) is 0. The zero-order valence-electron chi connectivity index (χ0n) is 17.7. The number of hydrogen-bond acceptors (Lipinski definition) is 4. The van der Waals surface area contributed by atoms with Gasteiger partial charge in [-0.25, -0.2) is 0 Å². The molecule has 3 aliphatic rings. The molecule has 3 fully saturated rings. The third kappa shape index (κ3) is 3.75. The summed E-state index contributed by atoms with van der Waals surface area (Å²) in [6.07, 6.45) is 3.95. The largest absolute Gasteiger partial charge is 0.375 e. The van der Waals surface area contributed by atoms with Crippen molar-refractivity contribution >= 4 is 5.91 Å². The fraction of sp³-hybridized carbons (Fsp3) is 0.462. The van der Waals surface area contributed by atoms with E-state index in [9.17, 15) is 9.90 Å². The van der Waals surface area contributed by atoms with Gasteiger partial charge >= 0.3 is 0 Å². The van der Waals surface area contributed by atoms with Crippen molar-refractivity contribution in [1.29, 1.82) is 5.26 Å². The first kappa shape index (κ1) is 20.2. The van der Waals surface area contributed by atoms with Crippen LogP contribution in [0, 0.1) is 29.1 Å². The summed E-state index contributed by atoms with van der Waals surface area (Å²) in [4.78, 5) is 15.8. The minimum absolute atomic E-state index is 0.0126. The van der Waals surface area contributed by atoms with E-state index >= 15 is 0 Å². The van der Waals surface area contributed by atoms with Crippen LogP contribution in [0.3, 0.4) is 0 Å². The number of nitrogens with one attached hydrogen (secondary N) is 1. The standard InChI is InChI=1S/C26H29N3O2/c27-14-18-10-12-19(13-11-18)15-29-16-22-23(17-29)24(22)28-25(30)26(31,21-8-4-5-9-21)20-6-2-1-3-7-20/h1-3,6-7,10-13,21-24,31H,4-5,8-9,15-17H2,(H,28,30)/t22-,23?,24+,26?/m0/s1. The molecule has 31 heavy (non-hydrogen) atoms. The molecular formula is C26H29N3O2. The molecule has 0 spiro atoms. The SMILES string of the molecule is N#Cc1ccc(CN2CC3[C@H](C2)[C@H]3NC(=O)C(O)(c2ccccc2)C2CCCC2)cc1. The van der Waals surface area contributed by atoms with Crippen LogP contribution < -0.4 is 5.32 Å². The Kier molecular flexibility index (Phi) is 5.29. The molecule has 2 saturated carbocycles. The third-order valence-corrected chi connectivity index (χ3v) is 7.56. The molecule has 0 bridgehead atoms. The van der Waals surface area contributed by atoms with Crippen LogP contribution >= 0.6 is 0 Å². The average Bonchev–Trinajstić information content (AvgIpc) is 3.21. The van der Waals surface area contributed by atoms with Gasteiger partial charge in [0, 0.05) is 31.6 Å². The van der Waals surface area contributed by atoms with Gasteiger partial charge in [-0.05, 0) is 47.9 Å². The normalized spacial score (nSPS) is 27.3. The van der Waals surface area contributed by atoms with Gasteiger partial charge in [-0.3, -0.25) is 9.69 Å². The van der Waals surface area contributed by atoms with Gasteiger partial charge in [0.15, 0.2) is 5.60 Å². The van der Waals surface area contributed by atoms with Crippen molar-refractivity contribution in [2.24, 2.45) is 17.8 Å². The molecule has 1 heterocycles. The lowest BCUT2D eigenvalue weighted by Crippen LogP contribution is -2.50. The molecule has 2 unspecified atom stereocenters. The maximum Gasteiger partial charge on any atom is 0.257 e. The van der Waals surface area contributed by atoms with Crippen molar-refractivity contribution in [1.82, 2.24) is 10.2 Å². The van der Waals surface area contributed by atoms with Crippen LogP contribution in [0.25, 0.3) is 0 Å². The molecule has 0 aromatic heterocycles. The van der Waals surface area contributed by atoms with Crippen molar-refractivity contribution in [3.63, 3.8) is 0 Å². The van der Waals surface area contributed by atoms with Crippen LogP contribution in [0.5, 0.6) is 0 Å². The molecule has 2 aromatic carbocycles. The number of piperidine rings is 1. The summed E-state index contributed by atoms with van der Waals surface area (Å²) >= 11 is 0. The number of fused-ring (bicyclic) bond motifs is 1. The summed E-state index contributed by atoms with van der Waals surface area (Å²) in [6, 6.07) is 19.6. The first-order valence-corrected chi connectivity index (χ1v) is 11.4. The highest BCUT2D eigenvalue weighted by atomic mass is 16.3. The fourth-order valence-electron chi connectivity index (χ4n) is 5.75. The van der Waals surface area contributed by atoms with E-state index in [-0.39, 0.29) is 17.9 Å². The van der Waals surface area contributed by atoms with Crippen molar-refractivity contribution < 1.29 is 9.90 Å². The molecule has 1 saturated heterocycles. The summed E-state index contributed by atoms with van der Waals surface area (Å²) in [6.45, 7) is 2.79. The van der Waals surface area contributed by atoms with Gasteiger partial charge in [0.05, 0.1) is 11.6 Å². The van der Waals surface area contributed by atoms with Gasteiger partial charge < -0.3 is 10.4 Å². The highest BCUT2D eigenvalue weighted by Gasteiger charge is 2.58. The molecule has 1 aliphatic heterocycles. The Morgan fingerprint density at radius 2 is 1.71 bits per heavy atom. The number of hydrogen-bond donors (Lipinski definition) is 2. The summed E-state index contributed by atoms with van der Waals surface area (Å²) in [5, 5.41) is 23.8. The van der Waals surface area contributed by atoms with Crippen LogP contribution in [-0.4, -0.2) is 35.0 Å². The van der Waals surface area contributed by atoms with E-state index in [1.165, 1.54) is 5.56 Å². The van der Waals surface area contributed by atoms with Crippen LogP contribution in [0.15, 0.2) is 54.6 Å². The topological polar surface area (TPSA) is 76.4 Å². The Balaban J connectivity index is 1.21. The number of carbonyl (C=O) groups excluding carboxylic acids is 1. The Hall–Kier alpha value is -2.68. The number of carbonyl (C=O) groups is 1. The molecule has 4 atom stereocenters. The van der Waals surface area contributed by atoms with Crippen molar-refractivity contribution in [3.05, 3.63) is 71.3 Å². The fourth-order valence-corrected chi connectivity index (χ4v) is 5.75. The van der Waals surface area contributed by atoms with Gasteiger partial charge in [0.25, 0.3) is 5.91 Å². The molecule has 2 aliphatic carbocycles. The number of nitrogens with zero attached hydrogens (tertiary/aromatic N) is 2. The number of aliphatic hydroxyl groups is 1. The van der Waals surface area contributed by atoms with Gasteiger partial charge in [-0.15, -0.1) is 0 Å². The second-order valence-electron chi connectivity index (χ2n) is 9.44. The van der Waals surface area contributed by atoms with Crippen molar-refractivity contribution in [3.8, 4) is 6.07 Å². The van der Waals surface area contributed by atoms with Crippen molar-refractivity contribution in [2.75, 3.05) is 13.1 Å². The number of nitriles is 1. The minimum Gasteiger partial charge on any atom is -0.375 e. The summed E-state index contributed by atoms with van der Waals surface area (Å²) < 4.78 is 0. The Morgan fingerprint density at radius 1 is 1.06 bits per heavy atom. The first-order chi connectivity index (χ1) is 15.1. The quantitative estimate of drug-likeness (QED) is 0.760. The lowest BCUT2D eigenvalue weighted by molar-refractivity contribution is -0.147. The van der Waals surface area contributed by atoms with Gasteiger partial charge in [-0.2, -0.15) is 5.26 Å². The monoisotopic (exact) mass is 415 g/mol. The first-order valence-electron chi connectivity index (χ1n) is 11.4. The maximum atomic E-state index is 13.4. The van der Waals surface area contributed by atoms with E-state index in [1.807, 2.05) is 54.6 Å². The zero-order valence-corrected chi connectivity index (χ0v) is 17.7. The Morgan fingerprint density at radius 3 is 2.32 bits per heavy atom. The van der Waals surface area contributed by atoms with E-state index in [2.05, 4.69) is 16.3 Å². The third-order valence-electron chi connectivity index (χ3n) is 7.56. The maximum absolute atomic E-state index is 13.4. The smallest absolute Gasteiger partial charge is 0.257 e. The van der Waals surface area contributed by atoms with Crippen LogP contribution in [-0.2, 0) is 16.9 Å². The minimum atomic E-state index is -1.43. The molecule has 5 rings (SSSR count). The molecule has 5 nitrogen and oxygen atoms in total. The zero-order chi connectivity index (χ0) is 21.4. The number of likely N-dealkylation sites (tertiary alicyclic amines) is 1. The molecule has 2 N–H and O–H groups in total. The molecule has 2 aromatic rings. The molecule has 160 valence electrons. The van der Waals surface area contributed by atoms with Crippen LogP contribution in [0.1, 0.15) is 42.4 Å². The van der Waals surface area contributed by atoms with Gasteiger partial charge in [0.1, 0.15) is 0 Å². The number of benzene rings is 2. The number of rotatable bonds is 6. The summed E-state index contributed by atoms with van der Waals surface area (Å²) in [5.41, 5.74) is 1.17. The van der Waals surface area contributed by atoms with E-state index < -0.39 is 5.60 Å². The molecule has 1 amide bonds. The van der Waals surface area contributed by atoms with Gasteiger partial charge in [-0.1, -0.05) is 55.3 Å². The highest BCUT2D eigenvalue weighted by Crippen LogP contribution is 2.47. The lowest BCUT2D eigenvalue weighted by Gasteiger charge is -2.33. The van der Waals surface area contributed by atoms with E-state index in [1.54, 1.807) is 0 Å². The predicted octanol–water partition coefficient (Wildman–Crippen LogP) is 3.18. The molecule has 0 radical (unpaired) electrons. The Labute approximate surface area is 183 Å². The Bertz CT molecular complexity index is 966. The van der Waals surface area contributed by atoms with E-state index in [4.69, 9.17) is 5.26 Å². The predicted molar refractivity (Wildman–Crippen MR) is 118 cm³/mol.